The summed E-state index contributed by atoms with van der Waals surface area (Å²) in [6.45, 7) is 1.93. The topological polar surface area (TPSA) is 69.0 Å². The summed E-state index contributed by atoms with van der Waals surface area (Å²) in [5.74, 6) is 0.248. The average Bonchev–Trinajstić information content (AvgIpc) is 3.21. The maximum Gasteiger partial charge on any atom is 0.259 e. The molecule has 1 N–H and O–H groups in total. The van der Waals surface area contributed by atoms with Gasteiger partial charge in [-0.2, -0.15) is 0 Å². The molecule has 0 saturated heterocycles. The fourth-order valence-corrected chi connectivity index (χ4v) is 4.10. The molecule has 158 valence electrons. The van der Waals surface area contributed by atoms with E-state index in [0.29, 0.717) is 22.5 Å². The fourth-order valence-electron chi connectivity index (χ4n) is 3.74. The van der Waals surface area contributed by atoms with Crippen molar-refractivity contribution in [1.29, 1.82) is 0 Å². The maximum atomic E-state index is 13.0. The van der Waals surface area contributed by atoms with Gasteiger partial charge in [0, 0.05) is 15.5 Å². The van der Waals surface area contributed by atoms with E-state index in [1.54, 1.807) is 24.0 Å². The van der Waals surface area contributed by atoms with Crippen molar-refractivity contribution >= 4 is 49.3 Å². The van der Waals surface area contributed by atoms with Gasteiger partial charge in [-0.1, -0.05) is 52.3 Å². The minimum absolute atomic E-state index is 0.257. The second kappa shape index (κ2) is 8.09. The van der Waals surface area contributed by atoms with Crippen LogP contribution in [0.3, 0.4) is 0 Å². The van der Waals surface area contributed by atoms with Crippen LogP contribution < -0.4 is 10.1 Å². The number of rotatable bonds is 4. The van der Waals surface area contributed by atoms with Gasteiger partial charge in [0.2, 0.25) is 0 Å². The van der Waals surface area contributed by atoms with E-state index in [4.69, 9.17) is 4.74 Å². The number of hydrogen-bond acceptors (Lipinski definition) is 4. The number of methoxy groups -OCH3 is 1. The van der Waals surface area contributed by atoms with Crippen LogP contribution >= 0.6 is 15.9 Å². The van der Waals surface area contributed by atoms with Crippen molar-refractivity contribution in [3.63, 3.8) is 0 Å². The Kier molecular flexibility index (Phi) is 5.11. The Hall–Kier alpha value is -3.71. The Labute approximate surface area is 192 Å². The van der Waals surface area contributed by atoms with Crippen molar-refractivity contribution in [2.45, 2.75) is 6.92 Å². The van der Waals surface area contributed by atoms with Crippen LogP contribution in [0.15, 0.2) is 77.3 Å². The molecular formula is C25H19BrN4O2. The molecule has 7 heteroatoms. The van der Waals surface area contributed by atoms with Crippen molar-refractivity contribution in [3.05, 3.63) is 88.4 Å². The number of fused-ring (bicyclic) bond motifs is 2. The molecule has 4 aromatic carbocycles. The Morgan fingerprint density at radius 3 is 2.53 bits per heavy atom. The SMILES string of the molecule is COc1ccc(Br)cc1C(=O)Nc1cc2nn(-c3cccc4ccccc34)nc2cc1C. The van der Waals surface area contributed by atoms with E-state index >= 15 is 0 Å². The van der Waals surface area contributed by atoms with Crippen LogP contribution in [0.4, 0.5) is 5.69 Å². The standard InChI is InChI=1S/C25H19BrN4O2/c1-15-12-21-22(14-20(15)27-25(31)19-13-17(26)10-11-24(19)32-2)29-30(28-21)23-9-5-7-16-6-3-4-8-18(16)23/h3-14H,1-2H3,(H,27,31). The summed E-state index contributed by atoms with van der Waals surface area (Å²) in [5, 5.41) is 14.5. The normalized spacial score (nSPS) is 11.1. The second-order valence-corrected chi connectivity index (χ2v) is 8.36. The van der Waals surface area contributed by atoms with Crippen LogP contribution in [0.5, 0.6) is 5.75 Å². The molecule has 6 nitrogen and oxygen atoms in total. The van der Waals surface area contributed by atoms with Crippen LogP contribution in [0.25, 0.3) is 27.5 Å². The van der Waals surface area contributed by atoms with Crippen molar-refractivity contribution in [2.75, 3.05) is 12.4 Å². The summed E-state index contributed by atoms with van der Waals surface area (Å²) in [6.07, 6.45) is 0. The monoisotopic (exact) mass is 486 g/mol. The van der Waals surface area contributed by atoms with Gasteiger partial charge in [0.15, 0.2) is 0 Å². The first-order chi connectivity index (χ1) is 15.5. The molecule has 0 fully saturated rings. The average molecular weight is 487 g/mol. The number of halogens is 1. The highest BCUT2D eigenvalue weighted by molar-refractivity contribution is 9.10. The lowest BCUT2D eigenvalue weighted by molar-refractivity contribution is 0.102. The van der Waals surface area contributed by atoms with Gasteiger partial charge < -0.3 is 10.1 Å². The van der Waals surface area contributed by atoms with Gasteiger partial charge >= 0.3 is 0 Å². The van der Waals surface area contributed by atoms with Crippen molar-refractivity contribution in [2.24, 2.45) is 0 Å². The molecule has 0 unspecified atom stereocenters. The van der Waals surface area contributed by atoms with Crippen LogP contribution in [-0.2, 0) is 0 Å². The van der Waals surface area contributed by atoms with Crippen molar-refractivity contribution < 1.29 is 9.53 Å². The van der Waals surface area contributed by atoms with Crippen molar-refractivity contribution in [1.82, 2.24) is 15.0 Å². The van der Waals surface area contributed by atoms with E-state index in [9.17, 15) is 4.79 Å². The minimum Gasteiger partial charge on any atom is -0.496 e. The van der Waals surface area contributed by atoms with Gasteiger partial charge in [-0.05, 0) is 54.3 Å². The first-order valence-corrected chi connectivity index (χ1v) is 10.8. The predicted octanol–water partition coefficient (Wildman–Crippen LogP) is 5.91. The molecule has 0 aliphatic heterocycles. The Balaban J connectivity index is 1.53. The molecule has 0 spiro atoms. The van der Waals surface area contributed by atoms with Gasteiger partial charge in [0.05, 0.1) is 18.4 Å². The third-order valence-electron chi connectivity index (χ3n) is 5.36. The van der Waals surface area contributed by atoms with E-state index in [-0.39, 0.29) is 5.91 Å². The largest absolute Gasteiger partial charge is 0.496 e. The lowest BCUT2D eigenvalue weighted by atomic mass is 10.1. The molecule has 0 aliphatic carbocycles. The van der Waals surface area contributed by atoms with Gasteiger partial charge in [0.25, 0.3) is 5.91 Å². The fraction of sp³-hybridized carbons (Fsp3) is 0.0800. The summed E-state index contributed by atoms with van der Waals surface area (Å²) in [7, 11) is 1.54. The highest BCUT2D eigenvalue weighted by Gasteiger charge is 2.16. The zero-order valence-electron chi connectivity index (χ0n) is 17.5. The van der Waals surface area contributed by atoms with Crippen LogP contribution in [-0.4, -0.2) is 28.0 Å². The summed E-state index contributed by atoms with van der Waals surface area (Å²) in [6, 6.07) is 23.3. The number of hydrogen-bond donors (Lipinski definition) is 1. The lowest BCUT2D eigenvalue weighted by Crippen LogP contribution is -2.14. The van der Waals surface area contributed by atoms with E-state index < -0.39 is 0 Å². The Bertz CT molecular complexity index is 1490. The molecular weight excluding hydrogens is 468 g/mol. The quantitative estimate of drug-likeness (QED) is 0.343. The molecule has 0 radical (unpaired) electrons. The summed E-state index contributed by atoms with van der Waals surface area (Å²) >= 11 is 3.41. The lowest BCUT2D eigenvalue weighted by Gasteiger charge is -2.11. The molecule has 0 aliphatic rings. The Morgan fingerprint density at radius 1 is 0.969 bits per heavy atom. The van der Waals surface area contributed by atoms with Crippen LogP contribution in [0.2, 0.25) is 0 Å². The maximum absolute atomic E-state index is 13.0. The number of aromatic nitrogens is 3. The third-order valence-corrected chi connectivity index (χ3v) is 5.86. The van der Waals surface area contributed by atoms with E-state index in [0.717, 1.165) is 32.0 Å². The van der Waals surface area contributed by atoms with Crippen LogP contribution in [0.1, 0.15) is 15.9 Å². The van der Waals surface area contributed by atoms with Gasteiger partial charge in [-0.25, -0.2) is 0 Å². The molecule has 1 aromatic heterocycles. The van der Waals surface area contributed by atoms with E-state index in [1.807, 2.05) is 49.4 Å². The first kappa shape index (κ1) is 20.2. The highest BCUT2D eigenvalue weighted by atomic mass is 79.9. The van der Waals surface area contributed by atoms with Gasteiger partial charge in [0.1, 0.15) is 16.8 Å². The van der Waals surface area contributed by atoms with Crippen LogP contribution in [0, 0.1) is 6.92 Å². The number of carbonyl (C=O) groups is 1. The molecule has 1 amide bonds. The van der Waals surface area contributed by atoms with Crippen molar-refractivity contribution in [3.8, 4) is 11.4 Å². The number of aryl methyl sites for hydroxylation is 1. The van der Waals surface area contributed by atoms with E-state index in [2.05, 4.69) is 49.6 Å². The molecule has 0 bridgehead atoms. The molecule has 0 saturated carbocycles. The van der Waals surface area contributed by atoms with Gasteiger partial charge in [-0.3, -0.25) is 4.79 Å². The number of nitrogens with one attached hydrogen (secondary N) is 1. The van der Waals surface area contributed by atoms with E-state index in [1.165, 1.54) is 0 Å². The second-order valence-electron chi connectivity index (χ2n) is 7.44. The smallest absolute Gasteiger partial charge is 0.259 e. The zero-order chi connectivity index (χ0) is 22.2. The molecule has 5 rings (SSSR count). The van der Waals surface area contributed by atoms with Gasteiger partial charge in [-0.15, -0.1) is 15.0 Å². The highest BCUT2D eigenvalue weighted by Crippen LogP contribution is 2.27. The number of benzene rings is 4. The Morgan fingerprint density at radius 2 is 1.72 bits per heavy atom. The number of anilines is 1. The summed E-state index contributed by atoms with van der Waals surface area (Å²) in [5.41, 5.74) is 4.37. The number of nitrogens with zero attached hydrogens (tertiary/aromatic N) is 3. The number of amides is 1. The predicted molar refractivity (Wildman–Crippen MR) is 130 cm³/mol. The summed E-state index contributed by atoms with van der Waals surface area (Å²) < 4.78 is 6.14. The zero-order valence-corrected chi connectivity index (χ0v) is 19.1. The third kappa shape index (κ3) is 3.61. The first-order valence-electron chi connectivity index (χ1n) is 10.0. The minimum atomic E-state index is -0.257. The number of carbonyl (C=O) groups excluding carboxylic acids is 1. The summed E-state index contributed by atoms with van der Waals surface area (Å²) in [4.78, 5) is 14.6. The number of ether oxygens (including phenoxy) is 1. The molecule has 0 atom stereocenters. The molecule has 5 aromatic rings. The molecule has 32 heavy (non-hydrogen) atoms. The molecule has 1 heterocycles.